The molecule has 18 heavy (non-hydrogen) atoms. The van der Waals surface area contributed by atoms with Crippen LogP contribution >= 0.6 is 28.3 Å². The molecule has 2 aliphatic heterocycles. The first-order valence-corrected chi connectivity index (χ1v) is 6.88. The fourth-order valence-corrected chi connectivity index (χ4v) is 3.22. The molecule has 2 aliphatic rings. The van der Waals surface area contributed by atoms with Crippen molar-refractivity contribution in [2.45, 2.75) is 6.54 Å². The molecule has 3 rings (SSSR count). The number of likely N-dealkylation sites (tertiary alicyclic amines) is 1. The normalized spacial score (nSPS) is 27.0. The third-order valence-corrected chi connectivity index (χ3v) is 4.50. The third-order valence-electron chi connectivity index (χ3n) is 3.86. The summed E-state index contributed by atoms with van der Waals surface area (Å²) in [7, 11) is 0. The average Bonchev–Trinajstić information content (AvgIpc) is 2.84. The van der Waals surface area contributed by atoms with E-state index in [4.69, 9.17) is 0 Å². The zero-order chi connectivity index (χ0) is 11.8. The van der Waals surface area contributed by atoms with Gasteiger partial charge in [0.2, 0.25) is 0 Å². The molecule has 0 aliphatic carbocycles. The van der Waals surface area contributed by atoms with Crippen molar-refractivity contribution >= 4 is 28.3 Å². The largest absolute Gasteiger partial charge is 0.316 e. The van der Waals surface area contributed by atoms with Crippen LogP contribution in [0.25, 0.3) is 0 Å². The van der Waals surface area contributed by atoms with Gasteiger partial charge in [0.15, 0.2) is 0 Å². The van der Waals surface area contributed by atoms with Crippen LogP contribution in [0.5, 0.6) is 0 Å². The first kappa shape index (κ1) is 14.3. The Hall–Kier alpha value is -0.160. The van der Waals surface area contributed by atoms with Crippen LogP contribution in [-0.4, -0.2) is 31.1 Å². The van der Waals surface area contributed by atoms with E-state index >= 15 is 0 Å². The fraction of sp³-hybridized carbons (Fsp3) is 0.538. The van der Waals surface area contributed by atoms with Crippen LogP contribution in [0.2, 0.25) is 0 Å². The van der Waals surface area contributed by atoms with Gasteiger partial charge < -0.3 is 5.32 Å². The number of hydrogen-bond acceptors (Lipinski definition) is 2. The summed E-state index contributed by atoms with van der Waals surface area (Å²) in [6.45, 7) is 5.47. The first-order valence-electron chi connectivity index (χ1n) is 6.09. The van der Waals surface area contributed by atoms with Crippen molar-refractivity contribution in [3.63, 3.8) is 0 Å². The highest BCUT2D eigenvalue weighted by Crippen LogP contribution is 2.27. The summed E-state index contributed by atoms with van der Waals surface area (Å²) in [6.07, 6.45) is 0. The minimum absolute atomic E-state index is 0. The lowest BCUT2D eigenvalue weighted by atomic mass is 10.0. The standard InChI is InChI=1S/C13H16BrFN2.ClH/c14-12-2-1-9(3-13(12)15)6-17-7-10-4-16-5-11(10)8-17;/h1-3,10-11,16H,4-8H2;1H/t10-,11+;. The molecule has 1 N–H and O–H groups in total. The Balaban J connectivity index is 0.00000120. The quantitative estimate of drug-likeness (QED) is 0.894. The fourth-order valence-electron chi connectivity index (χ4n) is 2.98. The van der Waals surface area contributed by atoms with E-state index in [9.17, 15) is 4.39 Å². The lowest BCUT2D eigenvalue weighted by Gasteiger charge is -2.17. The third kappa shape index (κ3) is 2.87. The number of halogens is 3. The van der Waals surface area contributed by atoms with Crippen LogP contribution in [0.3, 0.4) is 0 Å². The van der Waals surface area contributed by atoms with E-state index in [0.717, 1.165) is 50.1 Å². The van der Waals surface area contributed by atoms with Crippen LogP contribution in [0.15, 0.2) is 22.7 Å². The Kier molecular flexibility index (Phi) is 4.64. The average molecular weight is 336 g/mol. The maximum absolute atomic E-state index is 13.4. The molecule has 2 atom stereocenters. The lowest BCUT2D eigenvalue weighted by Crippen LogP contribution is -2.25. The van der Waals surface area contributed by atoms with Gasteiger partial charge in [0.25, 0.3) is 0 Å². The molecule has 0 spiro atoms. The maximum Gasteiger partial charge on any atom is 0.137 e. The van der Waals surface area contributed by atoms with Gasteiger partial charge in [-0.1, -0.05) is 6.07 Å². The second kappa shape index (κ2) is 5.87. The summed E-state index contributed by atoms with van der Waals surface area (Å²) in [4.78, 5) is 2.44. The van der Waals surface area contributed by atoms with Crippen molar-refractivity contribution in [1.29, 1.82) is 0 Å². The number of benzene rings is 1. The monoisotopic (exact) mass is 334 g/mol. The number of fused-ring (bicyclic) bond motifs is 1. The molecule has 100 valence electrons. The summed E-state index contributed by atoms with van der Waals surface area (Å²) in [5.74, 6) is 1.44. The van der Waals surface area contributed by atoms with Crippen molar-refractivity contribution in [3.8, 4) is 0 Å². The SMILES string of the molecule is Cl.Fc1cc(CN2C[C@H]3CNC[C@H]3C2)ccc1Br. The van der Waals surface area contributed by atoms with Gasteiger partial charge in [-0.3, -0.25) is 4.90 Å². The summed E-state index contributed by atoms with van der Waals surface area (Å²) < 4.78 is 14.0. The molecule has 0 bridgehead atoms. The lowest BCUT2D eigenvalue weighted by molar-refractivity contribution is 0.305. The van der Waals surface area contributed by atoms with E-state index in [1.807, 2.05) is 6.07 Å². The zero-order valence-electron chi connectivity index (χ0n) is 10.0. The topological polar surface area (TPSA) is 15.3 Å². The van der Waals surface area contributed by atoms with Crippen molar-refractivity contribution in [1.82, 2.24) is 10.2 Å². The van der Waals surface area contributed by atoms with E-state index < -0.39 is 0 Å². The van der Waals surface area contributed by atoms with Gasteiger partial charge in [-0.25, -0.2) is 4.39 Å². The van der Waals surface area contributed by atoms with E-state index in [1.54, 1.807) is 12.1 Å². The Morgan fingerprint density at radius 2 is 1.94 bits per heavy atom. The summed E-state index contributed by atoms with van der Waals surface area (Å²) in [5.41, 5.74) is 1.07. The van der Waals surface area contributed by atoms with Crippen LogP contribution in [0.4, 0.5) is 4.39 Å². The predicted molar refractivity (Wildman–Crippen MR) is 76.5 cm³/mol. The molecule has 0 unspecified atom stereocenters. The molecule has 5 heteroatoms. The second-order valence-electron chi connectivity index (χ2n) is 5.12. The molecule has 0 amide bonds. The number of nitrogens with zero attached hydrogens (tertiary/aromatic N) is 1. The predicted octanol–water partition coefficient (Wildman–Crippen LogP) is 2.66. The van der Waals surface area contributed by atoms with E-state index in [0.29, 0.717) is 4.47 Å². The molecule has 1 aromatic rings. The second-order valence-corrected chi connectivity index (χ2v) is 5.98. The molecule has 0 radical (unpaired) electrons. The maximum atomic E-state index is 13.4. The summed E-state index contributed by atoms with van der Waals surface area (Å²) in [6, 6.07) is 5.43. The highest BCUT2D eigenvalue weighted by Gasteiger charge is 2.35. The molecule has 1 aromatic carbocycles. The summed E-state index contributed by atoms with van der Waals surface area (Å²) >= 11 is 3.18. The number of nitrogens with one attached hydrogen (secondary N) is 1. The molecular weight excluding hydrogens is 319 g/mol. The minimum Gasteiger partial charge on any atom is -0.316 e. The van der Waals surface area contributed by atoms with Gasteiger partial charge >= 0.3 is 0 Å². The minimum atomic E-state index is -0.163. The summed E-state index contributed by atoms with van der Waals surface area (Å²) in [5, 5.41) is 3.43. The van der Waals surface area contributed by atoms with Gasteiger partial charge in [0, 0.05) is 19.6 Å². The molecule has 0 aromatic heterocycles. The first-order chi connectivity index (χ1) is 8.22. The molecule has 2 heterocycles. The van der Waals surface area contributed by atoms with Crippen molar-refractivity contribution < 1.29 is 4.39 Å². The van der Waals surface area contributed by atoms with Crippen LogP contribution in [0.1, 0.15) is 5.56 Å². The van der Waals surface area contributed by atoms with Gasteiger partial charge in [-0.15, -0.1) is 12.4 Å². The Morgan fingerprint density at radius 3 is 2.56 bits per heavy atom. The van der Waals surface area contributed by atoms with Crippen LogP contribution in [-0.2, 0) is 6.54 Å². The molecule has 0 saturated carbocycles. The van der Waals surface area contributed by atoms with Crippen LogP contribution in [0, 0.1) is 17.7 Å². The van der Waals surface area contributed by atoms with Crippen molar-refractivity contribution in [2.75, 3.05) is 26.2 Å². The van der Waals surface area contributed by atoms with Gasteiger partial charge in [0.05, 0.1) is 4.47 Å². The zero-order valence-corrected chi connectivity index (χ0v) is 12.4. The van der Waals surface area contributed by atoms with Gasteiger partial charge in [-0.2, -0.15) is 0 Å². The highest BCUT2D eigenvalue weighted by molar-refractivity contribution is 9.10. The molecule has 2 fully saturated rings. The smallest absolute Gasteiger partial charge is 0.137 e. The number of rotatable bonds is 2. The molecular formula is C13H17BrClFN2. The van der Waals surface area contributed by atoms with E-state index in [1.165, 1.54) is 0 Å². The molecule has 2 nitrogen and oxygen atoms in total. The van der Waals surface area contributed by atoms with Gasteiger partial charge in [0.1, 0.15) is 5.82 Å². The van der Waals surface area contributed by atoms with Crippen molar-refractivity contribution in [3.05, 3.63) is 34.1 Å². The molecule has 2 saturated heterocycles. The Bertz CT molecular complexity index is 417. The van der Waals surface area contributed by atoms with Crippen molar-refractivity contribution in [2.24, 2.45) is 11.8 Å². The van der Waals surface area contributed by atoms with Crippen LogP contribution < -0.4 is 5.32 Å². The number of hydrogen-bond donors (Lipinski definition) is 1. The Morgan fingerprint density at radius 1 is 1.28 bits per heavy atom. The van der Waals surface area contributed by atoms with E-state index in [-0.39, 0.29) is 18.2 Å². The highest BCUT2D eigenvalue weighted by atomic mass is 79.9. The van der Waals surface area contributed by atoms with Gasteiger partial charge in [-0.05, 0) is 58.6 Å². The Labute approximate surface area is 121 Å². The van der Waals surface area contributed by atoms with E-state index in [2.05, 4.69) is 26.1 Å².